The number of hydrogen-bond acceptors (Lipinski definition) is 4. The van der Waals surface area contributed by atoms with E-state index in [9.17, 15) is 10.1 Å². The predicted molar refractivity (Wildman–Crippen MR) is 135 cm³/mol. The van der Waals surface area contributed by atoms with Gasteiger partial charge in [0.15, 0.2) is 11.5 Å². The Bertz CT molecular complexity index is 1250. The second-order valence-electron chi connectivity index (χ2n) is 7.38. The summed E-state index contributed by atoms with van der Waals surface area (Å²) in [5.41, 5.74) is 4.21. The van der Waals surface area contributed by atoms with Gasteiger partial charge in [0.1, 0.15) is 18.2 Å². The van der Waals surface area contributed by atoms with Gasteiger partial charge in [0.25, 0.3) is 5.91 Å². The molecule has 0 fully saturated rings. The lowest BCUT2D eigenvalue weighted by Gasteiger charge is -2.13. The van der Waals surface area contributed by atoms with Crippen LogP contribution in [0, 0.1) is 25.2 Å². The van der Waals surface area contributed by atoms with Gasteiger partial charge in [-0.05, 0) is 66.9 Å². The summed E-state index contributed by atoms with van der Waals surface area (Å²) in [6.07, 6.45) is 1.51. The summed E-state index contributed by atoms with van der Waals surface area (Å²) in [5, 5.41) is 13.0. The van der Waals surface area contributed by atoms with Crippen molar-refractivity contribution < 1.29 is 14.3 Å². The minimum Gasteiger partial charge on any atom is -0.493 e. The van der Waals surface area contributed by atoms with Crippen LogP contribution in [0.3, 0.4) is 0 Å². The molecule has 0 saturated heterocycles. The third kappa shape index (κ3) is 6.38. The molecule has 1 amide bonds. The number of nitriles is 1. The Morgan fingerprint density at radius 1 is 1.12 bits per heavy atom. The van der Waals surface area contributed by atoms with Crippen molar-refractivity contribution in [2.45, 2.75) is 20.5 Å². The molecule has 0 bridgehead atoms. The first kappa shape index (κ1) is 24.4. The highest BCUT2D eigenvalue weighted by atomic mass is 79.9. The number of amides is 1. The van der Waals surface area contributed by atoms with Crippen molar-refractivity contribution in [3.8, 4) is 17.6 Å². The average Bonchev–Trinajstić information content (AvgIpc) is 2.79. The highest BCUT2D eigenvalue weighted by Crippen LogP contribution is 2.35. The molecule has 168 valence electrons. The number of ether oxygens (including phenoxy) is 2. The van der Waals surface area contributed by atoms with Gasteiger partial charge >= 0.3 is 0 Å². The molecule has 0 spiro atoms. The summed E-state index contributed by atoms with van der Waals surface area (Å²) >= 11 is 9.43. The number of halogens is 2. The number of nitrogens with zero attached hydrogens (tertiary/aromatic N) is 1. The van der Waals surface area contributed by atoms with Crippen LogP contribution in [0.5, 0.6) is 11.5 Å². The van der Waals surface area contributed by atoms with Gasteiger partial charge in [-0.2, -0.15) is 5.26 Å². The number of aryl methyl sites for hydroxylation is 2. The Hall–Kier alpha value is -3.27. The molecule has 33 heavy (non-hydrogen) atoms. The first-order chi connectivity index (χ1) is 15.8. The van der Waals surface area contributed by atoms with E-state index < -0.39 is 5.91 Å². The van der Waals surface area contributed by atoms with Crippen molar-refractivity contribution in [2.24, 2.45) is 0 Å². The lowest BCUT2D eigenvalue weighted by molar-refractivity contribution is -0.112. The largest absolute Gasteiger partial charge is 0.493 e. The number of rotatable bonds is 7. The zero-order chi connectivity index (χ0) is 24.0. The predicted octanol–water partition coefficient (Wildman–Crippen LogP) is 6.85. The second kappa shape index (κ2) is 11.0. The molecule has 0 aromatic heterocycles. The fourth-order valence-electron chi connectivity index (χ4n) is 3.12. The fraction of sp³-hybridized carbons (Fsp3) is 0.154. The SMILES string of the molecule is COc1cc(/C=C(\C#N)C(=O)Nc2ccc(C)cc2C)c(Br)cc1OCc1ccc(Cl)cc1. The van der Waals surface area contributed by atoms with E-state index in [1.165, 1.54) is 13.2 Å². The summed E-state index contributed by atoms with van der Waals surface area (Å²) in [5.74, 6) is 0.513. The van der Waals surface area contributed by atoms with Crippen LogP contribution < -0.4 is 14.8 Å². The zero-order valence-electron chi connectivity index (χ0n) is 18.4. The van der Waals surface area contributed by atoms with Crippen LogP contribution in [0.2, 0.25) is 5.02 Å². The molecule has 1 N–H and O–H groups in total. The number of anilines is 1. The van der Waals surface area contributed by atoms with Crippen molar-refractivity contribution in [3.05, 3.63) is 91.9 Å². The molecule has 0 aliphatic carbocycles. The smallest absolute Gasteiger partial charge is 0.266 e. The van der Waals surface area contributed by atoms with Crippen molar-refractivity contribution in [2.75, 3.05) is 12.4 Å². The quantitative estimate of drug-likeness (QED) is 0.270. The molecule has 0 atom stereocenters. The van der Waals surface area contributed by atoms with E-state index >= 15 is 0 Å². The van der Waals surface area contributed by atoms with Crippen LogP contribution >= 0.6 is 27.5 Å². The molecule has 3 aromatic carbocycles. The second-order valence-corrected chi connectivity index (χ2v) is 8.67. The molecule has 0 heterocycles. The van der Waals surface area contributed by atoms with Crippen molar-refractivity contribution >= 4 is 45.2 Å². The Balaban J connectivity index is 1.82. The van der Waals surface area contributed by atoms with Gasteiger partial charge in [0.05, 0.1) is 7.11 Å². The van der Waals surface area contributed by atoms with E-state index in [2.05, 4.69) is 21.2 Å². The highest BCUT2D eigenvalue weighted by Gasteiger charge is 2.15. The normalized spacial score (nSPS) is 11.0. The Labute approximate surface area is 206 Å². The molecular formula is C26H22BrClN2O3. The van der Waals surface area contributed by atoms with E-state index in [1.54, 1.807) is 24.3 Å². The summed E-state index contributed by atoms with van der Waals surface area (Å²) in [6.45, 7) is 4.21. The van der Waals surface area contributed by atoms with Crippen LogP contribution in [0.1, 0.15) is 22.3 Å². The molecule has 0 radical (unpaired) electrons. The van der Waals surface area contributed by atoms with Gasteiger partial charge in [-0.15, -0.1) is 0 Å². The number of hydrogen-bond donors (Lipinski definition) is 1. The van der Waals surface area contributed by atoms with Gasteiger partial charge < -0.3 is 14.8 Å². The Morgan fingerprint density at radius 3 is 2.48 bits per heavy atom. The Morgan fingerprint density at radius 2 is 1.85 bits per heavy atom. The lowest BCUT2D eigenvalue weighted by atomic mass is 10.1. The summed E-state index contributed by atoms with van der Waals surface area (Å²) < 4.78 is 12.0. The zero-order valence-corrected chi connectivity index (χ0v) is 20.8. The molecule has 0 unspecified atom stereocenters. The third-order valence-corrected chi connectivity index (χ3v) is 5.82. The first-order valence-corrected chi connectivity index (χ1v) is 11.2. The number of carbonyl (C=O) groups excluding carboxylic acids is 1. The van der Waals surface area contributed by atoms with Crippen molar-refractivity contribution in [1.29, 1.82) is 5.26 Å². The summed E-state index contributed by atoms with van der Waals surface area (Å²) in [4.78, 5) is 12.7. The molecule has 0 aliphatic heterocycles. The van der Waals surface area contributed by atoms with E-state index in [0.29, 0.717) is 38.9 Å². The minimum absolute atomic E-state index is 0.0347. The maximum atomic E-state index is 12.7. The first-order valence-electron chi connectivity index (χ1n) is 10.1. The number of nitrogens with one attached hydrogen (secondary N) is 1. The van der Waals surface area contributed by atoms with E-state index in [4.69, 9.17) is 21.1 Å². The summed E-state index contributed by atoms with van der Waals surface area (Å²) in [6, 6.07) is 18.5. The summed E-state index contributed by atoms with van der Waals surface area (Å²) in [7, 11) is 1.53. The monoisotopic (exact) mass is 524 g/mol. The van der Waals surface area contributed by atoms with Gasteiger partial charge in [-0.3, -0.25) is 4.79 Å². The standard InChI is InChI=1S/C26H22BrClN2O3/c1-16-4-9-23(17(2)10-16)30-26(31)20(14-29)11-19-12-24(32-3)25(13-22(19)27)33-15-18-5-7-21(28)8-6-18/h4-13H,15H2,1-3H3,(H,30,31)/b20-11+. The third-order valence-electron chi connectivity index (χ3n) is 4.89. The minimum atomic E-state index is -0.488. The molecule has 5 nitrogen and oxygen atoms in total. The molecule has 0 saturated carbocycles. The van der Waals surface area contributed by atoms with Crippen molar-refractivity contribution in [1.82, 2.24) is 0 Å². The van der Waals surface area contributed by atoms with Crippen LogP contribution in [-0.4, -0.2) is 13.0 Å². The lowest BCUT2D eigenvalue weighted by Crippen LogP contribution is -2.14. The number of carbonyl (C=O) groups is 1. The number of benzene rings is 3. The van der Waals surface area contributed by atoms with Crippen LogP contribution in [-0.2, 0) is 11.4 Å². The van der Waals surface area contributed by atoms with E-state index in [-0.39, 0.29) is 5.57 Å². The Kier molecular flexibility index (Phi) is 8.16. The molecule has 7 heteroatoms. The van der Waals surface area contributed by atoms with Crippen molar-refractivity contribution in [3.63, 3.8) is 0 Å². The van der Waals surface area contributed by atoms with E-state index in [1.807, 2.05) is 50.2 Å². The molecule has 0 aliphatic rings. The van der Waals surface area contributed by atoms with Crippen LogP contribution in [0.15, 0.2) is 64.6 Å². The highest BCUT2D eigenvalue weighted by molar-refractivity contribution is 9.10. The maximum absolute atomic E-state index is 12.7. The van der Waals surface area contributed by atoms with Gasteiger partial charge in [0, 0.05) is 15.2 Å². The molecule has 3 aromatic rings. The van der Waals surface area contributed by atoms with Gasteiger partial charge in [0.2, 0.25) is 0 Å². The van der Waals surface area contributed by atoms with E-state index in [0.717, 1.165) is 16.7 Å². The number of methoxy groups -OCH3 is 1. The molecular weight excluding hydrogens is 504 g/mol. The van der Waals surface area contributed by atoms with Crippen LogP contribution in [0.25, 0.3) is 6.08 Å². The topological polar surface area (TPSA) is 71.3 Å². The molecule has 3 rings (SSSR count). The fourth-order valence-corrected chi connectivity index (χ4v) is 3.69. The van der Waals surface area contributed by atoms with Gasteiger partial charge in [-0.25, -0.2) is 0 Å². The maximum Gasteiger partial charge on any atom is 0.266 e. The van der Waals surface area contributed by atoms with Crippen LogP contribution in [0.4, 0.5) is 5.69 Å². The van der Waals surface area contributed by atoms with Gasteiger partial charge in [-0.1, -0.05) is 57.4 Å². The average molecular weight is 526 g/mol.